The number of hydrogen-bond acceptors (Lipinski definition) is 8. The molecule has 0 aliphatic carbocycles. The lowest BCUT2D eigenvalue weighted by molar-refractivity contribution is 0.0587. The average molecular weight is 331 g/mol. The number of nitrogens with zero attached hydrogens (tertiary/aromatic N) is 4. The zero-order valence-electron chi connectivity index (χ0n) is 13.4. The molecule has 0 radical (unpaired) electrons. The minimum Gasteiger partial charge on any atom is -0.465 e. The quantitative estimate of drug-likeness (QED) is 0.802. The number of methoxy groups -OCH3 is 2. The van der Waals surface area contributed by atoms with Crippen LogP contribution in [0.2, 0.25) is 0 Å². The molecule has 1 N–H and O–H groups in total. The molecule has 24 heavy (non-hydrogen) atoms. The molecule has 1 aliphatic rings. The van der Waals surface area contributed by atoms with Gasteiger partial charge in [-0.25, -0.2) is 14.6 Å². The van der Waals surface area contributed by atoms with Gasteiger partial charge in [0, 0.05) is 6.54 Å². The lowest BCUT2D eigenvalue weighted by Gasteiger charge is -2.06. The first-order valence-electron chi connectivity index (χ1n) is 7.45. The third-order valence-corrected chi connectivity index (χ3v) is 3.77. The fraction of sp³-hybridized carbons (Fsp3) is 0.400. The molecular formula is C15H17N5O4. The van der Waals surface area contributed by atoms with E-state index in [0.29, 0.717) is 17.1 Å². The first-order chi connectivity index (χ1) is 11.6. The average Bonchev–Trinajstić information content (AvgIpc) is 3.19. The number of anilines is 1. The second kappa shape index (κ2) is 6.65. The zero-order valence-corrected chi connectivity index (χ0v) is 13.4. The van der Waals surface area contributed by atoms with Gasteiger partial charge in [-0.05, 0) is 12.8 Å². The third kappa shape index (κ3) is 2.92. The van der Waals surface area contributed by atoms with Crippen molar-refractivity contribution in [2.24, 2.45) is 0 Å². The van der Waals surface area contributed by atoms with Crippen LogP contribution in [0.5, 0.6) is 0 Å². The van der Waals surface area contributed by atoms with Gasteiger partial charge < -0.3 is 14.8 Å². The zero-order chi connectivity index (χ0) is 17.1. The third-order valence-electron chi connectivity index (χ3n) is 3.77. The summed E-state index contributed by atoms with van der Waals surface area (Å²) in [5, 5.41) is 7.49. The highest BCUT2D eigenvalue weighted by atomic mass is 16.5. The first-order valence-corrected chi connectivity index (χ1v) is 7.45. The number of rotatable bonds is 5. The van der Waals surface area contributed by atoms with Crippen LogP contribution in [0.25, 0.3) is 0 Å². The smallest absolute Gasteiger partial charge is 0.358 e. The van der Waals surface area contributed by atoms with Crippen molar-refractivity contribution < 1.29 is 19.1 Å². The lowest BCUT2D eigenvalue weighted by Crippen LogP contribution is -2.12. The number of carbonyl (C=O) groups is 2. The van der Waals surface area contributed by atoms with Crippen molar-refractivity contribution in [2.45, 2.75) is 25.9 Å². The summed E-state index contributed by atoms with van der Waals surface area (Å²) < 4.78 is 11.3. The molecule has 3 rings (SSSR count). The van der Waals surface area contributed by atoms with Gasteiger partial charge in [0.2, 0.25) is 0 Å². The minimum absolute atomic E-state index is 0.100. The van der Waals surface area contributed by atoms with Gasteiger partial charge in [0.15, 0.2) is 5.69 Å². The molecule has 0 spiro atoms. The van der Waals surface area contributed by atoms with Gasteiger partial charge in [-0.2, -0.15) is 5.10 Å². The van der Waals surface area contributed by atoms with Gasteiger partial charge in [-0.3, -0.25) is 9.67 Å². The van der Waals surface area contributed by atoms with Crippen molar-refractivity contribution in [3.63, 3.8) is 0 Å². The van der Waals surface area contributed by atoms with Gasteiger partial charge in [-0.15, -0.1) is 0 Å². The van der Waals surface area contributed by atoms with E-state index >= 15 is 0 Å². The summed E-state index contributed by atoms with van der Waals surface area (Å²) in [7, 11) is 2.63. The number of aryl methyl sites for hydroxylation is 1. The Hall–Kier alpha value is -2.97. The van der Waals surface area contributed by atoms with Crippen LogP contribution < -0.4 is 5.32 Å². The molecule has 0 saturated carbocycles. The van der Waals surface area contributed by atoms with Gasteiger partial charge in [0.05, 0.1) is 44.5 Å². The number of aromatic nitrogens is 4. The molecule has 9 heteroatoms. The Morgan fingerprint density at radius 1 is 1.25 bits per heavy atom. The van der Waals surface area contributed by atoms with Crippen LogP contribution >= 0.6 is 0 Å². The van der Waals surface area contributed by atoms with E-state index in [4.69, 9.17) is 4.74 Å². The first kappa shape index (κ1) is 15.9. The van der Waals surface area contributed by atoms with Crippen molar-refractivity contribution in [3.05, 3.63) is 35.0 Å². The van der Waals surface area contributed by atoms with Gasteiger partial charge in [0.25, 0.3) is 0 Å². The highest BCUT2D eigenvalue weighted by molar-refractivity contribution is 5.92. The van der Waals surface area contributed by atoms with Crippen molar-refractivity contribution in [1.29, 1.82) is 0 Å². The van der Waals surface area contributed by atoms with Crippen LogP contribution in [-0.4, -0.2) is 45.9 Å². The topological polar surface area (TPSA) is 108 Å². The van der Waals surface area contributed by atoms with Gasteiger partial charge in [-0.1, -0.05) is 0 Å². The van der Waals surface area contributed by atoms with Crippen LogP contribution in [-0.2, 0) is 29.0 Å². The highest BCUT2D eigenvalue weighted by Crippen LogP contribution is 2.23. The predicted octanol–water partition coefficient (Wildman–Crippen LogP) is 0.805. The molecule has 126 valence electrons. The number of hydrogen-bond donors (Lipinski definition) is 1. The maximum absolute atomic E-state index is 12.1. The van der Waals surface area contributed by atoms with Crippen LogP contribution in [0.1, 0.15) is 38.7 Å². The molecule has 0 atom stereocenters. The van der Waals surface area contributed by atoms with Crippen molar-refractivity contribution >= 4 is 17.8 Å². The highest BCUT2D eigenvalue weighted by Gasteiger charge is 2.26. The normalized spacial score (nSPS) is 12.6. The van der Waals surface area contributed by atoms with Crippen molar-refractivity contribution in [1.82, 2.24) is 19.7 Å². The summed E-state index contributed by atoms with van der Waals surface area (Å²) in [6, 6.07) is 0. The Bertz CT molecular complexity index is 786. The molecule has 0 amide bonds. The molecule has 2 aromatic rings. The second-order valence-corrected chi connectivity index (χ2v) is 5.22. The Balaban J connectivity index is 1.80. The molecule has 0 aromatic carbocycles. The van der Waals surface area contributed by atoms with E-state index in [1.54, 1.807) is 0 Å². The number of nitrogens with one attached hydrogen (secondary N) is 1. The molecule has 2 aromatic heterocycles. The summed E-state index contributed by atoms with van der Waals surface area (Å²) in [6.07, 6.45) is 4.57. The van der Waals surface area contributed by atoms with Crippen molar-refractivity contribution in [2.75, 3.05) is 19.5 Å². The van der Waals surface area contributed by atoms with E-state index in [1.807, 2.05) is 4.68 Å². The Morgan fingerprint density at radius 2 is 2.04 bits per heavy atom. The number of ether oxygens (including phenoxy) is 2. The van der Waals surface area contributed by atoms with Crippen LogP contribution in [0, 0.1) is 0 Å². The molecular weight excluding hydrogens is 314 g/mol. The molecule has 0 fully saturated rings. The maximum atomic E-state index is 12.1. The Morgan fingerprint density at radius 3 is 2.79 bits per heavy atom. The largest absolute Gasteiger partial charge is 0.465 e. The summed E-state index contributed by atoms with van der Waals surface area (Å²) in [5.41, 5.74) is 2.08. The van der Waals surface area contributed by atoms with E-state index in [-0.39, 0.29) is 12.2 Å². The molecule has 0 unspecified atom stereocenters. The fourth-order valence-electron chi connectivity index (χ4n) is 2.68. The van der Waals surface area contributed by atoms with E-state index in [0.717, 1.165) is 25.1 Å². The number of esters is 2. The summed E-state index contributed by atoms with van der Waals surface area (Å²) >= 11 is 0. The van der Waals surface area contributed by atoms with Gasteiger partial charge in [0.1, 0.15) is 11.4 Å². The van der Waals surface area contributed by atoms with E-state index in [2.05, 4.69) is 25.1 Å². The summed E-state index contributed by atoms with van der Waals surface area (Å²) in [4.78, 5) is 31.6. The Labute approximate surface area is 138 Å². The molecule has 1 aliphatic heterocycles. The van der Waals surface area contributed by atoms with Crippen LogP contribution in [0.3, 0.4) is 0 Å². The molecule has 0 saturated heterocycles. The predicted molar refractivity (Wildman–Crippen MR) is 82.6 cm³/mol. The van der Waals surface area contributed by atoms with E-state index in [1.165, 1.54) is 26.6 Å². The molecule has 9 nitrogen and oxygen atoms in total. The number of fused-ring (bicyclic) bond motifs is 1. The maximum Gasteiger partial charge on any atom is 0.358 e. The van der Waals surface area contributed by atoms with Gasteiger partial charge >= 0.3 is 11.9 Å². The monoisotopic (exact) mass is 331 g/mol. The summed E-state index contributed by atoms with van der Waals surface area (Å²) in [6.45, 7) is 1.06. The SMILES string of the molecule is COC(=O)c1cncc(NCc2nn3c(c2C(=O)OC)CCC3)n1. The lowest BCUT2D eigenvalue weighted by atomic mass is 10.1. The second-order valence-electron chi connectivity index (χ2n) is 5.22. The van der Waals surface area contributed by atoms with Crippen LogP contribution in [0.4, 0.5) is 5.82 Å². The Kier molecular flexibility index (Phi) is 4.41. The van der Waals surface area contributed by atoms with Crippen molar-refractivity contribution in [3.8, 4) is 0 Å². The standard InChI is InChI=1S/C15H17N5O4/c1-23-14(21)10-6-16-8-12(18-10)17-7-9-13(15(22)24-2)11-4-3-5-20(11)19-9/h6,8H,3-5,7H2,1-2H3,(H,17,18). The minimum atomic E-state index is -0.567. The number of carbonyl (C=O) groups excluding carboxylic acids is 2. The van der Waals surface area contributed by atoms with E-state index in [9.17, 15) is 9.59 Å². The summed E-state index contributed by atoms with van der Waals surface area (Å²) in [5.74, 6) is -0.575. The van der Waals surface area contributed by atoms with E-state index < -0.39 is 11.9 Å². The fourth-order valence-corrected chi connectivity index (χ4v) is 2.68. The molecule has 0 bridgehead atoms. The van der Waals surface area contributed by atoms with Crippen LogP contribution in [0.15, 0.2) is 12.4 Å². The molecule has 3 heterocycles.